The van der Waals surface area contributed by atoms with Crippen molar-refractivity contribution in [3.63, 3.8) is 0 Å². The van der Waals surface area contributed by atoms with E-state index in [1.165, 1.54) is 4.31 Å². The second kappa shape index (κ2) is 7.04. The third-order valence-electron chi connectivity index (χ3n) is 3.07. The van der Waals surface area contributed by atoms with Crippen molar-refractivity contribution in [2.75, 3.05) is 32.9 Å². The van der Waals surface area contributed by atoms with Gasteiger partial charge < -0.3 is 10.6 Å². The fraction of sp³-hybridized carbons (Fsp3) is 0.538. The SMILES string of the molecule is CCN(C(C)CN(C)C)S(=O)(=O)c1cc(N)c(Br)cc1F. The predicted molar refractivity (Wildman–Crippen MR) is 86.1 cm³/mol. The quantitative estimate of drug-likeness (QED) is 0.766. The molecule has 0 spiro atoms. The highest BCUT2D eigenvalue weighted by atomic mass is 79.9. The number of likely N-dealkylation sites (N-methyl/N-ethyl adjacent to an activating group) is 2. The van der Waals surface area contributed by atoms with Crippen LogP contribution in [0.5, 0.6) is 0 Å². The minimum Gasteiger partial charge on any atom is -0.398 e. The van der Waals surface area contributed by atoms with Crippen molar-refractivity contribution >= 4 is 31.6 Å². The number of halogens is 2. The number of hydrogen-bond acceptors (Lipinski definition) is 4. The van der Waals surface area contributed by atoms with Crippen molar-refractivity contribution in [3.05, 3.63) is 22.4 Å². The van der Waals surface area contributed by atoms with E-state index in [1.54, 1.807) is 13.8 Å². The molecule has 0 saturated heterocycles. The Labute approximate surface area is 134 Å². The second-order valence-corrected chi connectivity index (χ2v) is 7.84. The van der Waals surface area contributed by atoms with Crippen LogP contribution in [0.3, 0.4) is 0 Å². The Morgan fingerprint density at radius 3 is 2.43 bits per heavy atom. The number of nitrogens with two attached hydrogens (primary N) is 1. The van der Waals surface area contributed by atoms with Crippen molar-refractivity contribution in [2.45, 2.75) is 24.8 Å². The molecule has 1 atom stereocenters. The average Bonchev–Trinajstić information content (AvgIpc) is 2.33. The zero-order chi connectivity index (χ0) is 16.4. The van der Waals surface area contributed by atoms with Crippen LogP contribution in [0.1, 0.15) is 13.8 Å². The summed E-state index contributed by atoms with van der Waals surface area (Å²) < 4.78 is 41.0. The van der Waals surface area contributed by atoms with Crippen molar-refractivity contribution in [1.82, 2.24) is 9.21 Å². The molecule has 5 nitrogen and oxygen atoms in total. The van der Waals surface area contributed by atoms with E-state index in [0.29, 0.717) is 11.0 Å². The molecule has 0 radical (unpaired) electrons. The molecule has 1 rings (SSSR count). The van der Waals surface area contributed by atoms with E-state index in [9.17, 15) is 12.8 Å². The van der Waals surface area contributed by atoms with Crippen LogP contribution in [0, 0.1) is 5.82 Å². The Balaban J connectivity index is 3.28. The highest BCUT2D eigenvalue weighted by Crippen LogP contribution is 2.28. The molecular weight excluding hydrogens is 361 g/mol. The lowest BCUT2D eigenvalue weighted by Gasteiger charge is -2.29. The molecule has 0 heterocycles. The van der Waals surface area contributed by atoms with Gasteiger partial charge in [0, 0.05) is 29.3 Å². The summed E-state index contributed by atoms with van der Waals surface area (Å²) in [5, 5.41) is 0. The highest BCUT2D eigenvalue weighted by Gasteiger charge is 2.31. The molecule has 21 heavy (non-hydrogen) atoms. The van der Waals surface area contributed by atoms with E-state index >= 15 is 0 Å². The fourth-order valence-corrected chi connectivity index (χ4v) is 4.24. The Kier molecular flexibility index (Phi) is 6.15. The van der Waals surface area contributed by atoms with E-state index in [1.807, 2.05) is 19.0 Å². The van der Waals surface area contributed by atoms with Gasteiger partial charge in [0.25, 0.3) is 0 Å². The number of anilines is 1. The Morgan fingerprint density at radius 1 is 1.38 bits per heavy atom. The van der Waals surface area contributed by atoms with Crippen molar-refractivity contribution in [3.8, 4) is 0 Å². The first-order valence-electron chi connectivity index (χ1n) is 6.52. The molecular formula is C13H21BrFN3O2S. The molecule has 0 aromatic heterocycles. The number of nitrogen functional groups attached to an aromatic ring is 1. The van der Waals surface area contributed by atoms with Crippen molar-refractivity contribution in [2.24, 2.45) is 0 Å². The Bertz CT molecular complexity index is 608. The fourth-order valence-electron chi connectivity index (χ4n) is 2.21. The molecule has 8 heteroatoms. The van der Waals surface area contributed by atoms with Crippen LogP contribution in [0.2, 0.25) is 0 Å². The van der Waals surface area contributed by atoms with E-state index < -0.39 is 20.7 Å². The lowest BCUT2D eigenvalue weighted by molar-refractivity contribution is 0.271. The highest BCUT2D eigenvalue weighted by molar-refractivity contribution is 9.10. The molecule has 0 aliphatic carbocycles. The minimum atomic E-state index is -3.94. The van der Waals surface area contributed by atoms with Gasteiger partial charge in [0.2, 0.25) is 10.0 Å². The first kappa shape index (κ1) is 18.3. The number of rotatable bonds is 6. The number of sulfonamides is 1. The molecule has 1 aromatic carbocycles. The van der Waals surface area contributed by atoms with E-state index in [2.05, 4.69) is 15.9 Å². The summed E-state index contributed by atoms with van der Waals surface area (Å²) in [6.45, 7) is 4.32. The van der Waals surface area contributed by atoms with Gasteiger partial charge in [-0.1, -0.05) is 6.92 Å². The predicted octanol–water partition coefficient (Wildman–Crippen LogP) is 2.13. The molecule has 0 bridgehead atoms. The molecule has 0 fully saturated rings. The molecule has 0 saturated carbocycles. The van der Waals surface area contributed by atoms with Gasteiger partial charge in [0.05, 0.1) is 0 Å². The van der Waals surface area contributed by atoms with E-state index in [0.717, 1.165) is 12.1 Å². The molecule has 0 amide bonds. The Morgan fingerprint density at radius 2 is 1.95 bits per heavy atom. The lowest BCUT2D eigenvalue weighted by Crippen LogP contribution is -2.43. The summed E-state index contributed by atoms with van der Waals surface area (Å²) >= 11 is 3.08. The molecule has 1 unspecified atom stereocenters. The van der Waals surface area contributed by atoms with Gasteiger partial charge >= 0.3 is 0 Å². The van der Waals surface area contributed by atoms with Gasteiger partial charge in [-0.15, -0.1) is 0 Å². The van der Waals surface area contributed by atoms with E-state index in [4.69, 9.17) is 5.73 Å². The van der Waals surface area contributed by atoms with Crippen LogP contribution in [-0.4, -0.2) is 50.8 Å². The molecule has 120 valence electrons. The summed E-state index contributed by atoms with van der Waals surface area (Å²) in [5.74, 6) is -0.813. The standard InChI is InChI=1S/C13H21BrFN3O2S/c1-5-18(9(2)8-17(3)4)21(19,20)13-7-12(16)10(14)6-11(13)15/h6-7,9H,5,8,16H2,1-4H3. The second-order valence-electron chi connectivity index (χ2n) is 5.12. The van der Waals surface area contributed by atoms with Gasteiger partial charge in [-0.3, -0.25) is 0 Å². The normalized spacial score (nSPS) is 13.9. The maximum absolute atomic E-state index is 14.0. The maximum atomic E-state index is 14.0. The average molecular weight is 382 g/mol. The van der Waals surface area contributed by atoms with E-state index in [-0.39, 0.29) is 18.3 Å². The molecule has 0 aliphatic rings. The van der Waals surface area contributed by atoms with Crippen LogP contribution in [0.15, 0.2) is 21.5 Å². The van der Waals surface area contributed by atoms with Crippen LogP contribution < -0.4 is 5.73 Å². The van der Waals surface area contributed by atoms with Gasteiger partial charge in [0.15, 0.2) is 0 Å². The minimum absolute atomic E-state index is 0.186. The van der Waals surface area contributed by atoms with Crippen LogP contribution in [0.25, 0.3) is 0 Å². The zero-order valence-corrected chi connectivity index (χ0v) is 15.0. The lowest BCUT2D eigenvalue weighted by atomic mass is 10.3. The first-order valence-corrected chi connectivity index (χ1v) is 8.75. The van der Waals surface area contributed by atoms with Gasteiger partial charge in [0.1, 0.15) is 10.7 Å². The number of hydrogen-bond donors (Lipinski definition) is 1. The first-order chi connectivity index (χ1) is 9.61. The summed E-state index contributed by atoms with van der Waals surface area (Å²) in [7, 11) is -0.222. The third kappa shape index (κ3) is 4.15. The summed E-state index contributed by atoms with van der Waals surface area (Å²) in [6.07, 6.45) is 0. The van der Waals surface area contributed by atoms with Crippen molar-refractivity contribution in [1.29, 1.82) is 0 Å². The van der Waals surface area contributed by atoms with Crippen LogP contribution in [-0.2, 0) is 10.0 Å². The number of benzene rings is 1. The topological polar surface area (TPSA) is 66.6 Å². The smallest absolute Gasteiger partial charge is 0.246 e. The van der Waals surface area contributed by atoms with Gasteiger partial charge in [-0.25, -0.2) is 12.8 Å². The monoisotopic (exact) mass is 381 g/mol. The van der Waals surface area contributed by atoms with Crippen LogP contribution in [0.4, 0.5) is 10.1 Å². The van der Waals surface area contributed by atoms with Gasteiger partial charge in [-0.05, 0) is 49.1 Å². The largest absolute Gasteiger partial charge is 0.398 e. The summed E-state index contributed by atoms with van der Waals surface area (Å²) in [6, 6.07) is 1.95. The molecule has 0 aliphatic heterocycles. The molecule has 2 N–H and O–H groups in total. The zero-order valence-electron chi connectivity index (χ0n) is 12.6. The van der Waals surface area contributed by atoms with Crippen LogP contribution >= 0.6 is 15.9 Å². The molecule has 1 aromatic rings. The maximum Gasteiger partial charge on any atom is 0.246 e. The summed E-state index contributed by atoms with van der Waals surface area (Å²) in [4.78, 5) is 1.49. The van der Waals surface area contributed by atoms with Gasteiger partial charge in [-0.2, -0.15) is 4.31 Å². The number of nitrogens with zero attached hydrogens (tertiary/aromatic N) is 2. The Hall–Kier alpha value is -0.700. The third-order valence-corrected chi connectivity index (χ3v) is 5.86. The van der Waals surface area contributed by atoms with Crippen molar-refractivity contribution < 1.29 is 12.8 Å². The summed E-state index contributed by atoms with van der Waals surface area (Å²) in [5.41, 5.74) is 5.87.